The molecule has 0 aliphatic carbocycles. The Kier molecular flexibility index (Phi) is 6.13. The highest BCUT2D eigenvalue weighted by Gasteiger charge is 2.27. The van der Waals surface area contributed by atoms with Gasteiger partial charge in [0.1, 0.15) is 17.5 Å². The first-order valence-electron chi connectivity index (χ1n) is 11.4. The van der Waals surface area contributed by atoms with Crippen LogP contribution in [0.1, 0.15) is 23.0 Å². The van der Waals surface area contributed by atoms with Crippen molar-refractivity contribution in [2.45, 2.75) is 13.0 Å². The number of nitrogens with zero attached hydrogens (tertiary/aromatic N) is 4. The van der Waals surface area contributed by atoms with Crippen LogP contribution in [-0.2, 0) is 0 Å². The Bertz CT molecular complexity index is 1150. The maximum Gasteiger partial charge on any atom is 0.132 e. The number of anilines is 1. The van der Waals surface area contributed by atoms with E-state index in [1.807, 2.05) is 13.0 Å². The maximum atomic E-state index is 13.4. The minimum atomic E-state index is -0.243. The molecule has 3 aromatic carbocycles. The van der Waals surface area contributed by atoms with E-state index in [-0.39, 0.29) is 11.9 Å². The fraction of sp³-hybridized carbons (Fsp3) is 0.214. The van der Waals surface area contributed by atoms with Gasteiger partial charge in [0.05, 0.1) is 11.7 Å². The summed E-state index contributed by atoms with van der Waals surface area (Å²) in [6.45, 7) is 5.55. The monoisotopic (exact) mass is 438 g/mol. The Morgan fingerprint density at radius 2 is 1.30 bits per heavy atom. The lowest BCUT2D eigenvalue weighted by Crippen LogP contribution is -2.48. The van der Waals surface area contributed by atoms with Crippen molar-refractivity contribution in [1.29, 1.82) is 0 Å². The van der Waals surface area contributed by atoms with Gasteiger partial charge in [-0.1, -0.05) is 60.7 Å². The lowest BCUT2D eigenvalue weighted by Gasteiger charge is -2.40. The molecule has 0 bridgehead atoms. The molecule has 1 aliphatic heterocycles. The van der Waals surface area contributed by atoms with Crippen LogP contribution in [0.5, 0.6) is 0 Å². The summed E-state index contributed by atoms with van der Waals surface area (Å²) in [5, 5.41) is 0. The van der Waals surface area contributed by atoms with E-state index in [0.717, 1.165) is 49.1 Å². The summed E-state index contributed by atoms with van der Waals surface area (Å²) < 4.78 is 13.4. The van der Waals surface area contributed by atoms with Crippen molar-refractivity contribution < 1.29 is 4.39 Å². The van der Waals surface area contributed by atoms with Crippen molar-refractivity contribution in [3.63, 3.8) is 0 Å². The van der Waals surface area contributed by atoms with E-state index < -0.39 is 0 Å². The van der Waals surface area contributed by atoms with Gasteiger partial charge in [-0.05, 0) is 42.3 Å². The minimum absolute atomic E-state index is 0.233. The van der Waals surface area contributed by atoms with Crippen LogP contribution in [0.3, 0.4) is 0 Å². The summed E-state index contributed by atoms with van der Waals surface area (Å²) in [5.74, 6) is 1.41. The number of halogens is 1. The molecule has 0 spiro atoms. The van der Waals surface area contributed by atoms with Crippen LogP contribution < -0.4 is 4.90 Å². The number of benzene rings is 3. The Balaban J connectivity index is 1.37. The molecule has 0 atom stereocenters. The van der Waals surface area contributed by atoms with E-state index in [2.05, 4.69) is 75.4 Å². The zero-order valence-electron chi connectivity index (χ0n) is 18.7. The molecule has 1 fully saturated rings. The first-order valence-corrected chi connectivity index (χ1v) is 11.4. The molecular weight excluding hydrogens is 411 g/mol. The van der Waals surface area contributed by atoms with Crippen molar-refractivity contribution in [3.8, 4) is 11.3 Å². The highest BCUT2D eigenvalue weighted by molar-refractivity contribution is 5.63. The van der Waals surface area contributed by atoms with Gasteiger partial charge >= 0.3 is 0 Å². The second-order valence-corrected chi connectivity index (χ2v) is 8.41. The third-order valence-corrected chi connectivity index (χ3v) is 6.20. The average Bonchev–Trinajstić information content (AvgIpc) is 2.86. The zero-order valence-corrected chi connectivity index (χ0v) is 18.7. The van der Waals surface area contributed by atoms with Gasteiger partial charge in [-0.2, -0.15) is 0 Å². The van der Waals surface area contributed by atoms with Crippen LogP contribution >= 0.6 is 0 Å². The molecule has 5 rings (SSSR count). The molecule has 1 aromatic heterocycles. The predicted molar refractivity (Wildman–Crippen MR) is 131 cm³/mol. The van der Waals surface area contributed by atoms with Crippen LogP contribution in [0.4, 0.5) is 10.2 Å². The standard InChI is InChI=1S/C28H27FN4/c1-21-30-26(22-12-14-25(29)15-13-22)20-27(31-21)32-16-18-33(19-17-32)28(23-8-4-2-5-9-23)24-10-6-3-7-11-24/h2-15,20,28H,16-19H2,1H3. The Hall–Kier alpha value is -3.57. The second kappa shape index (κ2) is 9.51. The van der Waals surface area contributed by atoms with E-state index in [9.17, 15) is 4.39 Å². The summed E-state index contributed by atoms with van der Waals surface area (Å²) in [5.41, 5.74) is 4.35. The largest absolute Gasteiger partial charge is 0.354 e. The molecule has 0 amide bonds. The van der Waals surface area contributed by atoms with Crippen LogP contribution in [0.25, 0.3) is 11.3 Å². The smallest absolute Gasteiger partial charge is 0.132 e. The van der Waals surface area contributed by atoms with Gasteiger partial charge in [0.15, 0.2) is 0 Å². The first kappa shape index (κ1) is 21.3. The second-order valence-electron chi connectivity index (χ2n) is 8.41. The quantitative estimate of drug-likeness (QED) is 0.412. The summed E-state index contributed by atoms with van der Waals surface area (Å²) in [4.78, 5) is 14.2. The molecular formula is C28H27FN4. The van der Waals surface area contributed by atoms with E-state index in [1.165, 1.54) is 23.3 Å². The number of piperazine rings is 1. The topological polar surface area (TPSA) is 32.3 Å². The summed E-state index contributed by atoms with van der Waals surface area (Å²) in [6.07, 6.45) is 0. The predicted octanol–water partition coefficient (Wildman–Crippen LogP) is 5.50. The molecule has 0 radical (unpaired) electrons. The molecule has 4 aromatic rings. The lowest BCUT2D eigenvalue weighted by molar-refractivity contribution is 0.212. The van der Waals surface area contributed by atoms with Crippen molar-refractivity contribution >= 4 is 5.82 Å². The fourth-order valence-electron chi connectivity index (χ4n) is 4.58. The number of hydrogen-bond acceptors (Lipinski definition) is 4. The molecule has 1 saturated heterocycles. The third kappa shape index (κ3) is 4.78. The molecule has 5 heteroatoms. The lowest BCUT2D eigenvalue weighted by atomic mass is 9.96. The summed E-state index contributed by atoms with van der Waals surface area (Å²) in [6, 6.07) is 30.2. The van der Waals surface area contributed by atoms with E-state index >= 15 is 0 Å². The SMILES string of the molecule is Cc1nc(-c2ccc(F)cc2)cc(N2CCN(C(c3ccccc3)c3ccccc3)CC2)n1. The van der Waals surface area contributed by atoms with Gasteiger partial charge in [-0.15, -0.1) is 0 Å². The van der Waals surface area contributed by atoms with Crippen LogP contribution in [0.2, 0.25) is 0 Å². The molecule has 0 unspecified atom stereocenters. The Morgan fingerprint density at radius 1 is 0.727 bits per heavy atom. The number of hydrogen-bond donors (Lipinski definition) is 0. The highest BCUT2D eigenvalue weighted by Crippen LogP contribution is 2.30. The number of aromatic nitrogens is 2. The van der Waals surface area contributed by atoms with Gasteiger partial charge in [0, 0.05) is 37.8 Å². The molecule has 166 valence electrons. The van der Waals surface area contributed by atoms with Crippen molar-refractivity contribution in [1.82, 2.24) is 14.9 Å². The highest BCUT2D eigenvalue weighted by atomic mass is 19.1. The molecule has 33 heavy (non-hydrogen) atoms. The van der Waals surface area contributed by atoms with Crippen LogP contribution in [-0.4, -0.2) is 41.0 Å². The van der Waals surface area contributed by atoms with Gasteiger partial charge in [-0.25, -0.2) is 14.4 Å². The van der Waals surface area contributed by atoms with Gasteiger partial charge < -0.3 is 4.90 Å². The molecule has 4 nitrogen and oxygen atoms in total. The molecule has 1 aliphatic rings. The molecule has 0 N–H and O–H groups in total. The van der Waals surface area contributed by atoms with Crippen molar-refractivity contribution in [2.24, 2.45) is 0 Å². The Morgan fingerprint density at radius 3 is 1.88 bits per heavy atom. The molecule has 2 heterocycles. The van der Waals surface area contributed by atoms with Crippen molar-refractivity contribution in [3.05, 3.63) is 114 Å². The number of aryl methyl sites for hydroxylation is 1. The fourth-order valence-corrected chi connectivity index (χ4v) is 4.58. The first-order chi connectivity index (χ1) is 16.2. The summed E-state index contributed by atoms with van der Waals surface area (Å²) >= 11 is 0. The van der Waals surface area contributed by atoms with Crippen LogP contribution in [0, 0.1) is 12.7 Å². The van der Waals surface area contributed by atoms with Gasteiger partial charge in [0.25, 0.3) is 0 Å². The molecule has 0 saturated carbocycles. The Labute approximate surface area is 194 Å². The van der Waals surface area contributed by atoms with Gasteiger partial charge in [-0.3, -0.25) is 4.90 Å². The maximum absolute atomic E-state index is 13.4. The van der Waals surface area contributed by atoms with Gasteiger partial charge in [0.2, 0.25) is 0 Å². The zero-order chi connectivity index (χ0) is 22.6. The summed E-state index contributed by atoms with van der Waals surface area (Å²) in [7, 11) is 0. The van der Waals surface area contributed by atoms with E-state index in [0.29, 0.717) is 0 Å². The van der Waals surface area contributed by atoms with E-state index in [4.69, 9.17) is 4.98 Å². The van der Waals surface area contributed by atoms with Crippen molar-refractivity contribution in [2.75, 3.05) is 31.1 Å². The average molecular weight is 439 g/mol. The van der Waals surface area contributed by atoms with Crippen LogP contribution in [0.15, 0.2) is 91.0 Å². The van der Waals surface area contributed by atoms with E-state index in [1.54, 1.807) is 12.1 Å². The third-order valence-electron chi connectivity index (χ3n) is 6.20. The normalized spacial score (nSPS) is 14.6. The minimum Gasteiger partial charge on any atom is -0.354 e. The number of rotatable bonds is 5.